The summed E-state index contributed by atoms with van der Waals surface area (Å²) in [6.07, 6.45) is 0. The fraction of sp³-hybridized carbons (Fsp3) is 0.0714. The van der Waals surface area contributed by atoms with Crippen LogP contribution in [0.25, 0.3) is 0 Å². The Morgan fingerprint density at radius 1 is 0.750 bits per heavy atom. The molecule has 1 atom stereocenters. The van der Waals surface area contributed by atoms with Crippen molar-refractivity contribution in [3.05, 3.63) is 119 Å². The molecule has 2 amide bonds. The van der Waals surface area contributed by atoms with Crippen molar-refractivity contribution < 1.29 is 14.3 Å². The number of thioether (sulfide) groups is 1. The molecular weight excluding hydrogens is 515 g/mol. The number of benzene rings is 4. The molecule has 182 valence electrons. The topological polar surface area (TPSA) is 67.4 Å². The third kappa shape index (κ3) is 7.28. The molecule has 36 heavy (non-hydrogen) atoms. The van der Waals surface area contributed by atoms with E-state index in [2.05, 4.69) is 10.6 Å². The minimum absolute atomic E-state index is 0.0918. The average molecular weight is 537 g/mol. The summed E-state index contributed by atoms with van der Waals surface area (Å²) < 4.78 is 5.48. The second-order valence-corrected chi connectivity index (χ2v) is 9.69. The fourth-order valence-electron chi connectivity index (χ4n) is 3.30. The standard InChI is InChI=1S/C28H22Cl2N2O3S/c29-24-16-13-21(17-25(24)30)32-28(34)27(19-7-3-1-4-8-19)36-23-14-11-20(12-15-23)31-26(33)18-35-22-9-5-2-6-10-22/h1-17,27H,18H2,(H,31,33)(H,32,34). The summed E-state index contributed by atoms with van der Waals surface area (Å²) in [6, 6.07) is 30.9. The van der Waals surface area contributed by atoms with Crippen molar-refractivity contribution in [3.8, 4) is 5.75 Å². The van der Waals surface area contributed by atoms with Crippen LogP contribution in [0.1, 0.15) is 10.8 Å². The number of rotatable bonds is 9. The number of carbonyl (C=O) groups excluding carboxylic acids is 2. The van der Waals surface area contributed by atoms with E-state index in [9.17, 15) is 9.59 Å². The molecule has 0 aromatic heterocycles. The first-order valence-corrected chi connectivity index (χ1v) is 12.7. The summed E-state index contributed by atoms with van der Waals surface area (Å²) in [5, 5.41) is 6.01. The van der Waals surface area contributed by atoms with E-state index in [0.29, 0.717) is 27.2 Å². The van der Waals surface area contributed by atoms with E-state index in [1.165, 1.54) is 11.8 Å². The van der Waals surface area contributed by atoms with Crippen LogP contribution in [0.4, 0.5) is 11.4 Å². The van der Waals surface area contributed by atoms with Crippen molar-refractivity contribution in [1.82, 2.24) is 0 Å². The van der Waals surface area contributed by atoms with Crippen LogP contribution in [0.3, 0.4) is 0 Å². The second kappa shape index (κ2) is 12.5. The van der Waals surface area contributed by atoms with Gasteiger partial charge in [-0.3, -0.25) is 9.59 Å². The zero-order valence-corrected chi connectivity index (χ0v) is 21.3. The van der Waals surface area contributed by atoms with Crippen LogP contribution < -0.4 is 15.4 Å². The first-order chi connectivity index (χ1) is 17.5. The van der Waals surface area contributed by atoms with Gasteiger partial charge in [0.2, 0.25) is 5.91 Å². The molecule has 0 spiro atoms. The predicted molar refractivity (Wildman–Crippen MR) is 147 cm³/mol. The van der Waals surface area contributed by atoms with Gasteiger partial charge in [-0.1, -0.05) is 71.7 Å². The van der Waals surface area contributed by atoms with Gasteiger partial charge in [0.05, 0.1) is 10.0 Å². The maximum absolute atomic E-state index is 13.2. The van der Waals surface area contributed by atoms with Crippen molar-refractivity contribution in [3.63, 3.8) is 0 Å². The molecule has 2 N–H and O–H groups in total. The van der Waals surface area contributed by atoms with Gasteiger partial charge in [0, 0.05) is 16.3 Å². The van der Waals surface area contributed by atoms with Gasteiger partial charge >= 0.3 is 0 Å². The van der Waals surface area contributed by atoms with Crippen LogP contribution in [0, 0.1) is 0 Å². The van der Waals surface area contributed by atoms with E-state index >= 15 is 0 Å². The van der Waals surface area contributed by atoms with Gasteiger partial charge in [0.1, 0.15) is 11.0 Å². The van der Waals surface area contributed by atoms with Crippen molar-refractivity contribution in [2.75, 3.05) is 17.2 Å². The first-order valence-electron chi connectivity index (χ1n) is 11.0. The van der Waals surface area contributed by atoms with Crippen molar-refractivity contribution in [2.24, 2.45) is 0 Å². The molecule has 4 rings (SSSR count). The number of carbonyl (C=O) groups is 2. The zero-order valence-electron chi connectivity index (χ0n) is 19.0. The van der Waals surface area contributed by atoms with Crippen molar-refractivity contribution in [1.29, 1.82) is 0 Å². The first kappa shape index (κ1) is 25.6. The number of anilines is 2. The van der Waals surface area contributed by atoms with E-state index in [4.69, 9.17) is 27.9 Å². The Bertz CT molecular complexity index is 1320. The van der Waals surface area contributed by atoms with Crippen LogP contribution in [-0.4, -0.2) is 18.4 Å². The Kier molecular flexibility index (Phi) is 8.90. The molecule has 5 nitrogen and oxygen atoms in total. The monoisotopic (exact) mass is 536 g/mol. The molecule has 0 heterocycles. The summed E-state index contributed by atoms with van der Waals surface area (Å²) >= 11 is 13.5. The quantitative estimate of drug-likeness (QED) is 0.217. The molecule has 1 unspecified atom stereocenters. The van der Waals surface area contributed by atoms with Gasteiger partial charge in [-0.05, 0) is 60.2 Å². The molecule has 4 aromatic carbocycles. The Morgan fingerprint density at radius 2 is 1.39 bits per heavy atom. The van der Waals surface area contributed by atoms with Gasteiger partial charge in [-0.15, -0.1) is 11.8 Å². The summed E-state index contributed by atoms with van der Waals surface area (Å²) in [5.74, 6) is 0.174. The third-order valence-corrected chi connectivity index (χ3v) is 7.04. The number of nitrogens with one attached hydrogen (secondary N) is 2. The smallest absolute Gasteiger partial charge is 0.262 e. The lowest BCUT2D eigenvalue weighted by Gasteiger charge is -2.18. The molecule has 0 radical (unpaired) electrons. The lowest BCUT2D eigenvalue weighted by Crippen LogP contribution is -2.20. The SMILES string of the molecule is O=C(COc1ccccc1)Nc1ccc(SC(C(=O)Nc2ccc(Cl)c(Cl)c2)c2ccccc2)cc1. The van der Waals surface area contributed by atoms with Crippen LogP contribution >= 0.6 is 35.0 Å². The highest BCUT2D eigenvalue weighted by molar-refractivity contribution is 8.00. The van der Waals surface area contributed by atoms with E-state index in [1.807, 2.05) is 60.7 Å². The van der Waals surface area contributed by atoms with E-state index < -0.39 is 5.25 Å². The molecule has 0 saturated carbocycles. The number of hydrogen-bond acceptors (Lipinski definition) is 4. The Balaban J connectivity index is 1.41. The fourth-order valence-corrected chi connectivity index (χ4v) is 4.62. The maximum Gasteiger partial charge on any atom is 0.262 e. The lowest BCUT2D eigenvalue weighted by atomic mass is 10.1. The summed E-state index contributed by atoms with van der Waals surface area (Å²) in [6.45, 7) is -0.0918. The molecular formula is C28H22Cl2N2O3S. The number of halogens is 2. The molecule has 0 aliphatic carbocycles. The highest BCUT2D eigenvalue weighted by Gasteiger charge is 2.22. The number of amides is 2. The zero-order chi connectivity index (χ0) is 25.3. The lowest BCUT2D eigenvalue weighted by molar-refractivity contribution is -0.118. The van der Waals surface area contributed by atoms with Crippen LogP contribution in [0.5, 0.6) is 5.75 Å². The molecule has 8 heteroatoms. The Hall–Kier alpha value is -3.45. The molecule has 0 saturated heterocycles. The number of hydrogen-bond donors (Lipinski definition) is 2. The third-order valence-electron chi connectivity index (χ3n) is 5.03. The van der Waals surface area contributed by atoms with Gasteiger partial charge in [-0.2, -0.15) is 0 Å². The van der Waals surface area contributed by atoms with Crippen LogP contribution in [0.2, 0.25) is 10.0 Å². The van der Waals surface area contributed by atoms with Crippen molar-refractivity contribution in [2.45, 2.75) is 10.1 Å². The number of ether oxygens (including phenoxy) is 1. The highest BCUT2D eigenvalue weighted by Crippen LogP contribution is 2.37. The van der Waals surface area contributed by atoms with E-state index in [-0.39, 0.29) is 18.4 Å². The minimum atomic E-state index is -0.514. The summed E-state index contributed by atoms with van der Waals surface area (Å²) in [4.78, 5) is 26.3. The van der Waals surface area contributed by atoms with E-state index in [0.717, 1.165) is 10.5 Å². The van der Waals surface area contributed by atoms with Crippen LogP contribution in [-0.2, 0) is 9.59 Å². The molecule has 4 aromatic rings. The minimum Gasteiger partial charge on any atom is -0.484 e. The highest BCUT2D eigenvalue weighted by atomic mass is 35.5. The predicted octanol–water partition coefficient (Wildman–Crippen LogP) is 7.48. The average Bonchev–Trinajstić information content (AvgIpc) is 2.90. The number of para-hydroxylation sites is 1. The van der Waals surface area contributed by atoms with Gasteiger partial charge in [0.15, 0.2) is 6.61 Å². The van der Waals surface area contributed by atoms with Gasteiger partial charge in [-0.25, -0.2) is 0 Å². The summed E-state index contributed by atoms with van der Waals surface area (Å²) in [5.41, 5.74) is 2.06. The Morgan fingerprint density at radius 3 is 2.06 bits per heavy atom. The molecule has 0 fully saturated rings. The molecule has 0 aliphatic rings. The van der Waals surface area contributed by atoms with Gasteiger partial charge < -0.3 is 15.4 Å². The van der Waals surface area contributed by atoms with E-state index in [1.54, 1.807) is 42.5 Å². The Labute approximate surface area is 223 Å². The van der Waals surface area contributed by atoms with Crippen molar-refractivity contribution >= 4 is 58.2 Å². The largest absolute Gasteiger partial charge is 0.484 e. The van der Waals surface area contributed by atoms with Gasteiger partial charge in [0.25, 0.3) is 5.91 Å². The second-order valence-electron chi connectivity index (χ2n) is 7.70. The molecule has 0 aliphatic heterocycles. The van der Waals surface area contributed by atoms with Crippen LogP contribution in [0.15, 0.2) is 108 Å². The molecule has 0 bridgehead atoms. The maximum atomic E-state index is 13.2. The normalized spacial score (nSPS) is 11.4. The summed E-state index contributed by atoms with van der Waals surface area (Å²) in [7, 11) is 0.